The molecule has 0 bridgehead atoms. The van der Waals surface area contributed by atoms with Crippen molar-refractivity contribution in [2.24, 2.45) is 0 Å². The number of nitrogens with one attached hydrogen (secondary N) is 1. The van der Waals surface area contributed by atoms with Crippen LogP contribution in [0.5, 0.6) is 0 Å². The van der Waals surface area contributed by atoms with E-state index in [1.54, 1.807) is 4.68 Å². The molecule has 0 aliphatic carbocycles. The molecule has 2 rings (SSSR count). The van der Waals surface area contributed by atoms with Crippen molar-refractivity contribution in [3.8, 4) is 0 Å². The Hall–Kier alpha value is -1.72. The Morgan fingerprint density at radius 1 is 1.33 bits per heavy atom. The molecule has 0 aromatic carbocycles. The van der Waals surface area contributed by atoms with Crippen molar-refractivity contribution in [2.75, 3.05) is 6.61 Å². The number of aromatic nitrogens is 3. The first-order valence-corrected chi connectivity index (χ1v) is 6.03. The summed E-state index contributed by atoms with van der Waals surface area (Å²) in [6, 6.07) is 6.01. The number of aliphatic hydroxyl groups excluding tert-OH is 1. The van der Waals surface area contributed by atoms with E-state index in [-0.39, 0.29) is 6.61 Å². The van der Waals surface area contributed by atoms with Crippen LogP contribution in [0.25, 0.3) is 0 Å². The molecule has 0 aliphatic heterocycles. The highest BCUT2D eigenvalue weighted by atomic mass is 16.3. The van der Waals surface area contributed by atoms with E-state index in [2.05, 4.69) is 15.4 Å². The molecule has 0 saturated carbocycles. The normalized spacial score (nSPS) is 10.8. The smallest absolute Gasteiger partial charge is 0.0640 e. The topological polar surface area (TPSA) is 63.0 Å². The van der Waals surface area contributed by atoms with Crippen molar-refractivity contribution in [3.05, 3.63) is 47.5 Å². The van der Waals surface area contributed by atoms with E-state index in [1.165, 1.54) is 0 Å². The molecular weight excluding hydrogens is 228 g/mol. The van der Waals surface area contributed by atoms with E-state index in [0.717, 1.165) is 30.0 Å². The number of nitrogens with zero attached hydrogens (tertiary/aromatic N) is 3. The molecule has 0 atom stereocenters. The maximum Gasteiger partial charge on any atom is 0.0640 e. The van der Waals surface area contributed by atoms with Crippen LogP contribution < -0.4 is 5.32 Å². The Kier molecular flexibility index (Phi) is 4.44. The van der Waals surface area contributed by atoms with E-state index in [9.17, 15) is 0 Å². The van der Waals surface area contributed by atoms with Crippen LogP contribution in [0.3, 0.4) is 0 Å². The summed E-state index contributed by atoms with van der Waals surface area (Å²) >= 11 is 0. The van der Waals surface area contributed by atoms with Gasteiger partial charge >= 0.3 is 0 Å². The SMILES string of the molecule is Cc1cccc(CNCc2cnn(CCO)c2)n1. The summed E-state index contributed by atoms with van der Waals surface area (Å²) < 4.78 is 1.74. The first-order chi connectivity index (χ1) is 8.78. The van der Waals surface area contributed by atoms with Gasteiger partial charge in [-0.1, -0.05) is 6.07 Å². The summed E-state index contributed by atoms with van der Waals surface area (Å²) in [6.07, 6.45) is 3.75. The van der Waals surface area contributed by atoms with Gasteiger partial charge in [-0.2, -0.15) is 5.10 Å². The van der Waals surface area contributed by atoms with Crippen LogP contribution in [-0.2, 0) is 19.6 Å². The fraction of sp³-hybridized carbons (Fsp3) is 0.385. The molecule has 5 heteroatoms. The van der Waals surface area contributed by atoms with Crippen LogP contribution in [0.1, 0.15) is 17.0 Å². The third kappa shape index (κ3) is 3.65. The van der Waals surface area contributed by atoms with Crippen LogP contribution in [0.15, 0.2) is 30.6 Å². The van der Waals surface area contributed by atoms with E-state index < -0.39 is 0 Å². The number of aliphatic hydroxyl groups is 1. The monoisotopic (exact) mass is 246 g/mol. The molecule has 0 spiro atoms. The van der Waals surface area contributed by atoms with Crippen molar-refractivity contribution in [1.29, 1.82) is 0 Å². The van der Waals surface area contributed by atoms with Gasteiger partial charge in [-0.25, -0.2) is 0 Å². The molecule has 5 nitrogen and oxygen atoms in total. The molecule has 2 aromatic rings. The van der Waals surface area contributed by atoms with Gasteiger partial charge in [0.1, 0.15) is 0 Å². The maximum atomic E-state index is 8.79. The Morgan fingerprint density at radius 3 is 3.00 bits per heavy atom. The Bertz CT molecular complexity index is 495. The fourth-order valence-corrected chi connectivity index (χ4v) is 1.76. The molecule has 2 N–H and O–H groups in total. The van der Waals surface area contributed by atoms with Crippen molar-refractivity contribution in [3.63, 3.8) is 0 Å². The van der Waals surface area contributed by atoms with Gasteiger partial charge < -0.3 is 10.4 Å². The zero-order valence-corrected chi connectivity index (χ0v) is 10.5. The zero-order chi connectivity index (χ0) is 12.8. The molecule has 0 amide bonds. The highest BCUT2D eigenvalue weighted by Crippen LogP contribution is 2.00. The van der Waals surface area contributed by atoms with Gasteiger partial charge in [-0.3, -0.25) is 9.67 Å². The highest BCUT2D eigenvalue weighted by molar-refractivity contribution is 5.10. The molecule has 0 radical (unpaired) electrons. The number of hydrogen-bond donors (Lipinski definition) is 2. The number of aryl methyl sites for hydroxylation is 1. The second-order valence-electron chi connectivity index (χ2n) is 4.21. The molecular formula is C13H18N4O. The average Bonchev–Trinajstić information content (AvgIpc) is 2.78. The number of pyridine rings is 1. The van der Waals surface area contributed by atoms with E-state index >= 15 is 0 Å². The Labute approximate surface area is 106 Å². The van der Waals surface area contributed by atoms with Gasteiger partial charge in [0.05, 0.1) is 25.0 Å². The largest absolute Gasteiger partial charge is 0.394 e. The maximum absolute atomic E-state index is 8.79. The van der Waals surface area contributed by atoms with Crippen molar-refractivity contribution in [2.45, 2.75) is 26.6 Å². The zero-order valence-electron chi connectivity index (χ0n) is 10.5. The van der Waals surface area contributed by atoms with Crippen LogP contribution in [-0.4, -0.2) is 26.5 Å². The quantitative estimate of drug-likeness (QED) is 0.794. The fourth-order valence-electron chi connectivity index (χ4n) is 1.76. The lowest BCUT2D eigenvalue weighted by Crippen LogP contribution is -2.13. The first kappa shape index (κ1) is 12.7. The number of hydrogen-bond acceptors (Lipinski definition) is 4. The van der Waals surface area contributed by atoms with Crippen LogP contribution in [0.2, 0.25) is 0 Å². The summed E-state index contributed by atoms with van der Waals surface area (Å²) in [4.78, 5) is 4.42. The Morgan fingerprint density at radius 2 is 2.22 bits per heavy atom. The highest BCUT2D eigenvalue weighted by Gasteiger charge is 1.99. The second-order valence-corrected chi connectivity index (χ2v) is 4.21. The third-order valence-electron chi connectivity index (χ3n) is 2.60. The van der Waals surface area contributed by atoms with Gasteiger partial charge in [0.25, 0.3) is 0 Å². The molecule has 0 unspecified atom stereocenters. The van der Waals surface area contributed by atoms with E-state index in [4.69, 9.17) is 5.11 Å². The predicted molar refractivity (Wildman–Crippen MR) is 68.8 cm³/mol. The average molecular weight is 246 g/mol. The summed E-state index contributed by atoms with van der Waals surface area (Å²) in [7, 11) is 0. The van der Waals surface area contributed by atoms with Crippen molar-refractivity contribution >= 4 is 0 Å². The standard InChI is InChI=1S/C13H18N4O/c1-11-3-2-4-13(16-11)9-14-7-12-8-15-17(10-12)5-6-18/h2-4,8,10,14,18H,5-7,9H2,1H3. The van der Waals surface area contributed by atoms with Gasteiger partial charge in [0.15, 0.2) is 0 Å². The lowest BCUT2D eigenvalue weighted by molar-refractivity contribution is 0.269. The van der Waals surface area contributed by atoms with E-state index in [1.807, 2.05) is 37.5 Å². The van der Waals surface area contributed by atoms with E-state index in [0.29, 0.717) is 6.54 Å². The summed E-state index contributed by atoms with van der Waals surface area (Å²) in [5.41, 5.74) is 3.18. The van der Waals surface area contributed by atoms with Gasteiger partial charge in [-0.05, 0) is 19.1 Å². The van der Waals surface area contributed by atoms with Gasteiger partial charge in [0.2, 0.25) is 0 Å². The summed E-state index contributed by atoms with van der Waals surface area (Å²) in [5, 5.41) is 16.3. The lowest BCUT2D eigenvalue weighted by Gasteiger charge is -2.03. The molecule has 0 aliphatic rings. The Balaban J connectivity index is 1.81. The molecule has 2 heterocycles. The summed E-state index contributed by atoms with van der Waals surface area (Å²) in [5.74, 6) is 0. The third-order valence-corrected chi connectivity index (χ3v) is 2.60. The predicted octanol–water partition coefficient (Wildman–Crippen LogP) is 0.869. The first-order valence-electron chi connectivity index (χ1n) is 6.03. The summed E-state index contributed by atoms with van der Waals surface area (Å²) in [6.45, 7) is 4.14. The van der Waals surface area contributed by atoms with Crippen molar-refractivity contribution in [1.82, 2.24) is 20.1 Å². The minimum absolute atomic E-state index is 0.113. The molecule has 0 saturated heterocycles. The van der Waals surface area contributed by atoms with Crippen LogP contribution in [0, 0.1) is 6.92 Å². The minimum Gasteiger partial charge on any atom is -0.394 e. The molecule has 2 aromatic heterocycles. The van der Waals surface area contributed by atoms with Crippen LogP contribution >= 0.6 is 0 Å². The van der Waals surface area contributed by atoms with Gasteiger partial charge in [-0.15, -0.1) is 0 Å². The lowest BCUT2D eigenvalue weighted by atomic mass is 10.3. The number of rotatable bonds is 6. The van der Waals surface area contributed by atoms with Crippen LogP contribution in [0.4, 0.5) is 0 Å². The van der Waals surface area contributed by atoms with Gasteiger partial charge in [0, 0.05) is 30.5 Å². The minimum atomic E-state index is 0.113. The molecule has 18 heavy (non-hydrogen) atoms. The molecule has 96 valence electrons. The second kappa shape index (κ2) is 6.28. The van der Waals surface area contributed by atoms with Crippen molar-refractivity contribution < 1.29 is 5.11 Å². The molecule has 0 fully saturated rings.